The first-order valence-electron chi connectivity index (χ1n) is 6.39. The van der Waals surface area contributed by atoms with Crippen LogP contribution in [0.25, 0.3) is 0 Å². The second-order valence-corrected chi connectivity index (χ2v) is 5.44. The van der Waals surface area contributed by atoms with Crippen LogP contribution in [0.3, 0.4) is 0 Å². The molecule has 0 spiro atoms. The third-order valence-corrected chi connectivity index (χ3v) is 3.84. The molecule has 0 aliphatic heterocycles. The molecule has 1 amide bonds. The van der Waals surface area contributed by atoms with Gasteiger partial charge in [-0.15, -0.1) is 0 Å². The topological polar surface area (TPSA) is 40.5 Å². The number of amides is 1. The summed E-state index contributed by atoms with van der Waals surface area (Å²) in [6.07, 6.45) is 4.54. The van der Waals surface area contributed by atoms with E-state index in [1.807, 2.05) is 4.90 Å². The van der Waals surface area contributed by atoms with Crippen LogP contribution in [0.2, 0.25) is 0 Å². The largest absolute Gasteiger partial charge is 0.507 e. The Kier molecular flexibility index (Phi) is 4.64. The van der Waals surface area contributed by atoms with Crippen molar-refractivity contribution < 1.29 is 9.90 Å². The standard InChI is InChI=1S/C14H18BrNO2/c15-9-10-16(11-5-1-2-6-11)14(18)12-7-3-4-8-13(12)17/h3-4,7-8,11,17H,1-2,5-6,9-10H2. The Labute approximate surface area is 116 Å². The quantitative estimate of drug-likeness (QED) is 0.868. The van der Waals surface area contributed by atoms with Crippen molar-refractivity contribution in [2.45, 2.75) is 31.7 Å². The van der Waals surface area contributed by atoms with Crippen molar-refractivity contribution in [3.63, 3.8) is 0 Å². The summed E-state index contributed by atoms with van der Waals surface area (Å²) in [7, 11) is 0. The lowest BCUT2D eigenvalue weighted by Gasteiger charge is -2.28. The van der Waals surface area contributed by atoms with Gasteiger partial charge in [-0.05, 0) is 25.0 Å². The van der Waals surface area contributed by atoms with Crippen molar-refractivity contribution in [1.82, 2.24) is 4.90 Å². The molecule has 0 aromatic heterocycles. The third kappa shape index (κ3) is 2.86. The average molecular weight is 312 g/mol. The molecule has 0 atom stereocenters. The van der Waals surface area contributed by atoms with Gasteiger partial charge in [0.2, 0.25) is 0 Å². The number of alkyl halides is 1. The van der Waals surface area contributed by atoms with E-state index < -0.39 is 0 Å². The Bertz CT molecular complexity index is 416. The summed E-state index contributed by atoms with van der Waals surface area (Å²) >= 11 is 3.40. The number of nitrogens with zero attached hydrogens (tertiary/aromatic N) is 1. The number of carbonyl (C=O) groups is 1. The van der Waals surface area contributed by atoms with Crippen LogP contribution in [0.1, 0.15) is 36.0 Å². The van der Waals surface area contributed by atoms with E-state index in [2.05, 4.69) is 15.9 Å². The number of hydrogen-bond acceptors (Lipinski definition) is 2. The number of aromatic hydroxyl groups is 1. The summed E-state index contributed by atoms with van der Waals surface area (Å²) in [6.45, 7) is 0.692. The van der Waals surface area contributed by atoms with E-state index in [0.29, 0.717) is 18.2 Å². The maximum Gasteiger partial charge on any atom is 0.257 e. The van der Waals surface area contributed by atoms with E-state index >= 15 is 0 Å². The van der Waals surface area contributed by atoms with Crippen LogP contribution < -0.4 is 0 Å². The average Bonchev–Trinajstić information content (AvgIpc) is 2.89. The molecule has 2 rings (SSSR count). The van der Waals surface area contributed by atoms with E-state index in [9.17, 15) is 9.90 Å². The lowest BCUT2D eigenvalue weighted by atomic mass is 10.1. The number of halogens is 1. The SMILES string of the molecule is O=C(c1ccccc1O)N(CCBr)C1CCCC1. The highest BCUT2D eigenvalue weighted by atomic mass is 79.9. The molecule has 0 heterocycles. The molecule has 1 saturated carbocycles. The fourth-order valence-electron chi connectivity index (χ4n) is 2.57. The number of hydrogen-bond donors (Lipinski definition) is 1. The molecule has 0 radical (unpaired) electrons. The highest BCUT2D eigenvalue weighted by molar-refractivity contribution is 9.09. The normalized spacial score (nSPS) is 15.8. The molecule has 1 aromatic carbocycles. The van der Waals surface area contributed by atoms with Gasteiger partial charge in [-0.1, -0.05) is 40.9 Å². The first-order chi connectivity index (χ1) is 8.74. The Balaban J connectivity index is 2.20. The summed E-state index contributed by atoms with van der Waals surface area (Å²) < 4.78 is 0. The zero-order valence-corrected chi connectivity index (χ0v) is 11.9. The smallest absolute Gasteiger partial charge is 0.257 e. The van der Waals surface area contributed by atoms with Gasteiger partial charge in [-0.2, -0.15) is 0 Å². The molecular formula is C14H18BrNO2. The Hall–Kier alpha value is -1.03. The molecule has 0 unspecified atom stereocenters. The van der Waals surface area contributed by atoms with Crippen molar-refractivity contribution >= 4 is 21.8 Å². The van der Waals surface area contributed by atoms with Gasteiger partial charge in [-0.3, -0.25) is 4.79 Å². The number of carbonyl (C=O) groups excluding carboxylic acids is 1. The van der Waals surface area contributed by atoms with Crippen molar-refractivity contribution in [2.24, 2.45) is 0 Å². The number of phenols is 1. The molecule has 3 nitrogen and oxygen atoms in total. The molecule has 4 heteroatoms. The summed E-state index contributed by atoms with van der Waals surface area (Å²) in [5.74, 6) is 0.0134. The number of rotatable bonds is 4. The monoisotopic (exact) mass is 311 g/mol. The van der Waals surface area contributed by atoms with Crippen LogP contribution in [0.5, 0.6) is 5.75 Å². The van der Waals surface area contributed by atoms with Crippen LogP contribution in [0.4, 0.5) is 0 Å². The zero-order valence-electron chi connectivity index (χ0n) is 10.3. The molecule has 1 fully saturated rings. The van der Waals surface area contributed by atoms with Crippen molar-refractivity contribution in [1.29, 1.82) is 0 Å². The zero-order chi connectivity index (χ0) is 13.0. The molecule has 0 saturated heterocycles. The molecule has 1 aliphatic rings. The maximum atomic E-state index is 12.5. The van der Waals surface area contributed by atoms with E-state index in [0.717, 1.165) is 18.2 Å². The second-order valence-electron chi connectivity index (χ2n) is 4.64. The minimum Gasteiger partial charge on any atom is -0.507 e. The molecule has 1 aliphatic carbocycles. The second kappa shape index (κ2) is 6.23. The van der Waals surface area contributed by atoms with E-state index in [4.69, 9.17) is 0 Å². The van der Waals surface area contributed by atoms with Gasteiger partial charge < -0.3 is 10.0 Å². The van der Waals surface area contributed by atoms with Crippen molar-refractivity contribution in [3.8, 4) is 5.75 Å². The summed E-state index contributed by atoms with van der Waals surface area (Å²) in [5, 5.41) is 10.5. The summed E-state index contributed by atoms with van der Waals surface area (Å²) in [5.41, 5.74) is 0.408. The number of para-hydroxylation sites is 1. The first kappa shape index (κ1) is 13.4. The fourth-order valence-corrected chi connectivity index (χ4v) is 2.95. The predicted molar refractivity (Wildman–Crippen MR) is 75.2 cm³/mol. The van der Waals surface area contributed by atoms with Gasteiger partial charge in [0.1, 0.15) is 5.75 Å². The molecule has 0 bridgehead atoms. The van der Waals surface area contributed by atoms with E-state index in [1.54, 1.807) is 24.3 Å². The maximum absolute atomic E-state index is 12.5. The van der Waals surface area contributed by atoms with Crippen LogP contribution in [0, 0.1) is 0 Å². The molecule has 98 valence electrons. The van der Waals surface area contributed by atoms with E-state index in [-0.39, 0.29) is 11.7 Å². The predicted octanol–water partition coefficient (Wildman–Crippen LogP) is 3.17. The Morgan fingerprint density at radius 2 is 2.00 bits per heavy atom. The van der Waals surface area contributed by atoms with Crippen LogP contribution in [-0.4, -0.2) is 33.8 Å². The first-order valence-corrected chi connectivity index (χ1v) is 7.51. The third-order valence-electron chi connectivity index (χ3n) is 3.49. The van der Waals surface area contributed by atoms with Crippen molar-refractivity contribution in [3.05, 3.63) is 29.8 Å². The van der Waals surface area contributed by atoms with Gasteiger partial charge in [0, 0.05) is 17.9 Å². The van der Waals surface area contributed by atoms with Gasteiger partial charge in [0.05, 0.1) is 5.56 Å². The number of benzene rings is 1. The summed E-state index contributed by atoms with van der Waals surface area (Å²) in [6, 6.07) is 7.10. The minimum absolute atomic E-state index is 0.0561. The number of phenolic OH excluding ortho intramolecular Hbond substituents is 1. The lowest BCUT2D eigenvalue weighted by Crippen LogP contribution is -2.40. The van der Waals surface area contributed by atoms with Gasteiger partial charge in [-0.25, -0.2) is 0 Å². The molecule has 18 heavy (non-hydrogen) atoms. The van der Waals surface area contributed by atoms with Crippen molar-refractivity contribution in [2.75, 3.05) is 11.9 Å². The van der Waals surface area contributed by atoms with Gasteiger partial charge in [0.15, 0.2) is 0 Å². The lowest BCUT2D eigenvalue weighted by molar-refractivity contribution is 0.0693. The molecule has 1 aromatic rings. The minimum atomic E-state index is -0.0561. The molecule has 1 N–H and O–H groups in total. The van der Waals surface area contributed by atoms with Crippen LogP contribution >= 0.6 is 15.9 Å². The van der Waals surface area contributed by atoms with Crippen LogP contribution in [0.15, 0.2) is 24.3 Å². The highest BCUT2D eigenvalue weighted by Crippen LogP contribution is 2.27. The van der Waals surface area contributed by atoms with Crippen LogP contribution in [-0.2, 0) is 0 Å². The Morgan fingerprint density at radius 3 is 2.61 bits per heavy atom. The van der Waals surface area contributed by atoms with E-state index in [1.165, 1.54) is 12.8 Å². The fraction of sp³-hybridized carbons (Fsp3) is 0.500. The Morgan fingerprint density at radius 1 is 1.33 bits per heavy atom. The van der Waals surface area contributed by atoms with Gasteiger partial charge >= 0.3 is 0 Å². The van der Waals surface area contributed by atoms with Gasteiger partial charge in [0.25, 0.3) is 5.91 Å². The summed E-state index contributed by atoms with van der Waals surface area (Å²) in [4.78, 5) is 14.4. The molecular weight excluding hydrogens is 294 g/mol. The highest BCUT2D eigenvalue weighted by Gasteiger charge is 2.27.